The number of nitrogens with one attached hydrogen (secondary N) is 1. The van der Waals surface area contributed by atoms with Gasteiger partial charge in [0, 0.05) is 33.9 Å². The van der Waals surface area contributed by atoms with Crippen LogP contribution in [-0.2, 0) is 12.8 Å². The third-order valence-corrected chi connectivity index (χ3v) is 4.57. The molecule has 0 unspecified atom stereocenters. The first-order valence-electron chi connectivity index (χ1n) is 7.24. The maximum Gasteiger partial charge on any atom is 0.144 e. The minimum atomic E-state index is 0.548. The van der Waals surface area contributed by atoms with Crippen molar-refractivity contribution in [2.45, 2.75) is 25.7 Å². The standard InChI is InChI=1S/C17H15Cl2N3/c1-21-17-13(9-20)16(11-7-6-10(18)8-14(11)19)12-4-2-3-5-15(12)22-17/h6-8H,2-5H2,1H3,(H,21,22). The van der Waals surface area contributed by atoms with Crippen LogP contribution in [-0.4, -0.2) is 12.0 Å². The van der Waals surface area contributed by atoms with Gasteiger partial charge in [-0.05, 0) is 43.4 Å². The van der Waals surface area contributed by atoms with E-state index in [0.717, 1.165) is 48.1 Å². The molecule has 5 heteroatoms. The van der Waals surface area contributed by atoms with Gasteiger partial charge in [0.05, 0.1) is 0 Å². The van der Waals surface area contributed by atoms with Crippen molar-refractivity contribution >= 4 is 29.0 Å². The number of rotatable bonds is 2. The quantitative estimate of drug-likeness (QED) is 0.855. The molecule has 0 fully saturated rings. The van der Waals surface area contributed by atoms with Gasteiger partial charge in [0.1, 0.15) is 17.5 Å². The predicted octanol–water partition coefficient (Wildman–Crippen LogP) is 4.85. The van der Waals surface area contributed by atoms with Gasteiger partial charge in [-0.25, -0.2) is 4.98 Å². The Morgan fingerprint density at radius 1 is 1.23 bits per heavy atom. The van der Waals surface area contributed by atoms with Crippen LogP contribution >= 0.6 is 23.2 Å². The Kier molecular flexibility index (Phi) is 4.24. The van der Waals surface area contributed by atoms with E-state index in [1.807, 2.05) is 6.07 Å². The number of hydrogen-bond donors (Lipinski definition) is 1. The number of benzene rings is 1. The molecule has 0 spiro atoms. The molecule has 112 valence electrons. The maximum atomic E-state index is 9.64. The fourth-order valence-corrected chi connectivity index (χ4v) is 3.52. The Bertz CT molecular complexity index is 778. The molecule has 1 heterocycles. The summed E-state index contributed by atoms with van der Waals surface area (Å²) in [5.74, 6) is 0.615. The Morgan fingerprint density at radius 3 is 2.68 bits per heavy atom. The molecule has 1 N–H and O–H groups in total. The largest absolute Gasteiger partial charge is 0.372 e. The van der Waals surface area contributed by atoms with Crippen molar-refractivity contribution in [3.63, 3.8) is 0 Å². The molecule has 0 saturated heterocycles. The summed E-state index contributed by atoms with van der Waals surface area (Å²) in [5, 5.41) is 13.8. The normalized spacial score (nSPS) is 13.4. The van der Waals surface area contributed by atoms with Crippen LogP contribution in [0.5, 0.6) is 0 Å². The fraction of sp³-hybridized carbons (Fsp3) is 0.294. The van der Waals surface area contributed by atoms with Crippen LogP contribution in [0.2, 0.25) is 10.0 Å². The first-order chi connectivity index (χ1) is 10.7. The molecule has 0 saturated carbocycles. The van der Waals surface area contributed by atoms with Crippen LogP contribution < -0.4 is 5.32 Å². The lowest BCUT2D eigenvalue weighted by molar-refractivity contribution is 0.669. The monoisotopic (exact) mass is 331 g/mol. The maximum absolute atomic E-state index is 9.64. The first kappa shape index (κ1) is 15.1. The Morgan fingerprint density at radius 2 is 2.00 bits per heavy atom. The van der Waals surface area contributed by atoms with Gasteiger partial charge in [-0.2, -0.15) is 5.26 Å². The molecule has 0 bridgehead atoms. The van der Waals surface area contributed by atoms with Crippen LogP contribution in [0, 0.1) is 11.3 Å². The molecule has 1 aromatic heterocycles. The number of aromatic nitrogens is 1. The number of nitrogens with zero attached hydrogens (tertiary/aromatic N) is 2. The third-order valence-electron chi connectivity index (χ3n) is 4.02. The molecule has 0 radical (unpaired) electrons. The van der Waals surface area contributed by atoms with Crippen LogP contribution in [0.25, 0.3) is 11.1 Å². The number of pyridine rings is 1. The van der Waals surface area contributed by atoms with Crippen LogP contribution in [0.15, 0.2) is 18.2 Å². The number of hydrogen-bond acceptors (Lipinski definition) is 3. The van der Waals surface area contributed by atoms with E-state index >= 15 is 0 Å². The van der Waals surface area contributed by atoms with E-state index in [-0.39, 0.29) is 0 Å². The minimum Gasteiger partial charge on any atom is -0.372 e. The SMILES string of the molecule is CNc1nc2c(c(-c3ccc(Cl)cc3Cl)c1C#N)CCCC2. The zero-order valence-corrected chi connectivity index (χ0v) is 13.7. The molecule has 22 heavy (non-hydrogen) atoms. The second-order valence-corrected chi connectivity index (χ2v) is 6.17. The van der Waals surface area contributed by atoms with Gasteiger partial charge >= 0.3 is 0 Å². The zero-order valence-electron chi connectivity index (χ0n) is 12.2. The number of nitriles is 1. The summed E-state index contributed by atoms with van der Waals surface area (Å²) in [4.78, 5) is 4.63. The Hall–Kier alpha value is -1.76. The topological polar surface area (TPSA) is 48.7 Å². The number of halogens is 2. The summed E-state index contributed by atoms with van der Waals surface area (Å²) in [7, 11) is 1.78. The zero-order chi connectivity index (χ0) is 15.7. The van der Waals surface area contributed by atoms with E-state index < -0.39 is 0 Å². The van der Waals surface area contributed by atoms with Gasteiger partial charge < -0.3 is 5.32 Å². The second kappa shape index (κ2) is 6.16. The highest BCUT2D eigenvalue weighted by molar-refractivity contribution is 6.36. The molecule has 1 aliphatic carbocycles. The highest BCUT2D eigenvalue weighted by atomic mass is 35.5. The van der Waals surface area contributed by atoms with Crippen LogP contribution in [0.4, 0.5) is 5.82 Å². The van der Waals surface area contributed by atoms with Crippen molar-refractivity contribution < 1.29 is 0 Å². The lowest BCUT2D eigenvalue weighted by Crippen LogP contribution is -2.12. The molecule has 0 atom stereocenters. The Labute approximate surface area is 139 Å². The van der Waals surface area contributed by atoms with Crippen molar-refractivity contribution in [1.29, 1.82) is 5.26 Å². The molecular formula is C17H15Cl2N3. The van der Waals surface area contributed by atoms with Crippen LogP contribution in [0.1, 0.15) is 29.7 Å². The summed E-state index contributed by atoms with van der Waals surface area (Å²) in [6.07, 6.45) is 4.10. The van der Waals surface area contributed by atoms with Crippen molar-refractivity contribution in [1.82, 2.24) is 4.98 Å². The highest BCUT2D eigenvalue weighted by Gasteiger charge is 2.23. The van der Waals surface area contributed by atoms with E-state index in [0.29, 0.717) is 21.4 Å². The molecule has 2 aromatic rings. The van der Waals surface area contributed by atoms with Gasteiger partial charge in [0.2, 0.25) is 0 Å². The third kappa shape index (κ3) is 2.54. The first-order valence-corrected chi connectivity index (χ1v) is 8.00. The van der Waals surface area contributed by atoms with Crippen LogP contribution in [0.3, 0.4) is 0 Å². The van der Waals surface area contributed by atoms with Crippen molar-refractivity contribution in [3.8, 4) is 17.2 Å². The van der Waals surface area contributed by atoms with E-state index in [2.05, 4.69) is 16.4 Å². The smallest absolute Gasteiger partial charge is 0.144 e. The molecule has 3 nitrogen and oxygen atoms in total. The lowest BCUT2D eigenvalue weighted by Gasteiger charge is -2.22. The van der Waals surface area contributed by atoms with E-state index in [4.69, 9.17) is 23.2 Å². The van der Waals surface area contributed by atoms with Crippen molar-refractivity contribution in [2.75, 3.05) is 12.4 Å². The molecule has 1 aliphatic rings. The number of aryl methyl sites for hydroxylation is 1. The summed E-state index contributed by atoms with van der Waals surface area (Å²) in [5.41, 5.74) is 4.51. The number of anilines is 1. The highest BCUT2D eigenvalue weighted by Crippen LogP contribution is 2.40. The van der Waals surface area contributed by atoms with Crippen molar-refractivity contribution in [2.24, 2.45) is 0 Å². The van der Waals surface area contributed by atoms with Gasteiger partial charge in [-0.3, -0.25) is 0 Å². The van der Waals surface area contributed by atoms with E-state index in [1.54, 1.807) is 19.2 Å². The average molecular weight is 332 g/mol. The molecule has 0 aliphatic heterocycles. The Balaban J connectivity index is 2.35. The van der Waals surface area contributed by atoms with Gasteiger partial charge in [0.15, 0.2) is 0 Å². The van der Waals surface area contributed by atoms with Gasteiger partial charge in [-0.15, -0.1) is 0 Å². The molecule has 3 rings (SSSR count). The summed E-state index contributed by atoms with van der Waals surface area (Å²) < 4.78 is 0. The lowest BCUT2D eigenvalue weighted by atomic mass is 9.86. The molecule has 0 amide bonds. The summed E-state index contributed by atoms with van der Waals surface area (Å²) in [6.45, 7) is 0. The molecular weight excluding hydrogens is 317 g/mol. The summed E-state index contributed by atoms with van der Waals surface area (Å²) >= 11 is 12.4. The second-order valence-electron chi connectivity index (χ2n) is 5.33. The van der Waals surface area contributed by atoms with E-state index in [1.165, 1.54) is 0 Å². The fourth-order valence-electron chi connectivity index (χ4n) is 3.02. The van der Waals surface area contributed by atoms with Crippen molar-refractivity contribution in [3.05, 3.63) is 45.1 Å². The minimum absolute atomic E-state index is 0.548. The average Bonchev–Trinajstić information content (AvgIpc) is 2.53. The number of fused-ring (bicyclic) bond motifs is 1. The predicted molar refractivity (Wildman–Crippen MR) is 90.6 cm³/mol. The van der Waals surface area contributed by atoms with Gasteiger partial charge in [0.25, 0.3) is 0 Å². The van der Waals surface area contributed by atoms with E-state index in [9.17, 15) is 5.26 Å². The summed E-state index contributed by atoms with van der Waals surface area (Å²) in [6, 6.07) is 7.69. The molecule has 1 aromatic carbocycles. The van der Waals surface area contributed by atoms with Gasteiger partial charge in [-0.1, -0.05) is 29.3 Å².